The first-order valence-electron chi connectivity index (χ1n) is 11.3. The maximum atomic E-state index is 6.21. The van der Waals surface area contributed by atoms with Crippen LogP contribution in [0.25, 0.3) is 0 Å². The summed E-state index contributed by atoms with van der Waals surface area (Å²) in [6.07, 6.45) is 5.72. The van der Waals surface area contributed by atoms with Gasteiger partial charge in [-0.2, -0.15) is 0 Å². The third-order valence-corrected chi connectivity index (χ3v) is 5.88. The molecule has 0 fully saturated rings. The Kier molecular flexibility index (Phi) is 8.44. The van der Waals surface area contributed by atoms with Crippen LogP contribution in [-0.4, -0.2) is 26.9 Å². The van der Waals surface area contributed by atoms with Crippen molar-refractivity contribution in [2.75, 3.05) is 26.9 Å². The monoisotopic (exact) mass is 412 g/mol. The first-order chi connectivity index (χ1) is 14.7. The third kappa shape index (κ3) is 5.48. The highest BCUT2D eigenvalue weighted by atomic mass is 16.5. The molecule has 0 amide bonds. The molecule has 4 heteroatoms. The zero-order chi connectivity index (χ0) is 21.3. The van der Waals surface area contributed by atoms with E-state index in [9.17, 15) is 0 Å². The largest absolute Gasteiger partial charge is 0.490 e. The van der Waals surface area contributed by atoms with Crippen LogP contribution in [-0.2, 0) is 24.2 Å². The molecule has 0 radical (unpaired) electrons. The van der Waals surface area contributed by atoms with Crippen LogP contribution in [0.2, 0.25) is 0 Å². The van der Waals surface area contributed by atoms with Gasteiger partial charge < -0.3 is 18.9 Å². The quantitative estimate of drug-likeness (QED) is 0.419. The van der Waals surface area contributed by atoms with Crippen LogP contribution < -0.4 is 14.2 Å². The summed E-state index contributed by atoms with van der Waals surface area (Å²) < 4.78 is 23.6. The molecule has 0 aromatic heterocycles. The number of rotatable bonds is 11. The van der Waals surface area contributed by atoms with Gasteiger partial charge >= 0.3 is 0 Å². The van der Waals surface area contributed by atoms with Crippen LogP contribution in [0.15, 0.2) is 30.3 Å². The molecule has 1 unspecified atom stereocenters. The fourth-order valence-corrected chi connectivity index (χ4v) is 4.06. The van der Waals surface area contributed by atoms with Crippen LogP contribution in [0.4, 0.5) is 0 Å². The highest BCUT2D eigenvalue weighted by molar-refractivity contribution is 5.56. The summed E-state index contributed by atoms with van der Waals surface area (Å²) in [6.45, 7) is 8.56. The van der Waals surface area contributed by atoms with Gasteiger partial charge in [0.2, 0.25) is 0 Å². The Morgan fingerprint density at radius 2 is 1.63 bits per heavy atom. The van der Waals surface area contributed by atoms with Gasteiger partial charge in [-0.15, -0.1) is 0 Å². The van der Waals surface area contributed by atoms with Gasteiger partial charge in [0.1, 0.15) is 19.0 Å². The van der Waals surface area contributed by atoms with Crippen molar-refractivity contribution in [3.8, 4) is 17.2 Å². The lowest BCUT2D eigenvalue weighted by Gasteiger charge is -2.24. The van der Waals surface area contributed by atoms with E-state index in [-0.39, 0.29) is 0 Å². The summed E-state index contributed by atoms with van der Waals surface area (Å²) in [6, 6.07) is 10.6. The zero-order valence-corrected chi connectivity index (χ0v) is 19.0. The number of hydrogen-bond donors (Lipinski definition) is 0. The van der Waals surface area contributed by atoms with E-state index in [2.05, 4.69) is 32.0 Å². The van der Waals surface area contributed by atoms with Crippen LogP contribution in [0.5, 0.6) is 17.2 Å². The maximum Gasteiger partial charge on any atom is 0.167 e. The van der Waals surface area contributed by atoms with E-state index in [1.54, 1.807) is 7.11 Å². The van der Waals surface area contributed by atoms with Gasteiger partial charge in [-0.25, -0.2) is 0 Å². The Bertz CT molecular complexity index is 798. The Morgan fingerprint density at radius 3 is 2.33 bits per heavy atom. The number of fused-ring (bicyclic) bond motifs is 1. The lowest BCUT2D eigenvalue weighted by Crippen LogP contribution is -2.14. The summed E-state index contributed by atoms with van der Waals surface area (Å²) >= 11 is 0. The molecule has 1 aliphatic carbocycles. The van der Waals surface area contributed by atoms with Crippen molar-refractivity contribution in [2.45, 2.75) is 65.4 Å². The Balaban J connectivity index is 1.67. The van der Waals surface area contributed by atoms with Crippen molar-refractivity contribution < 1.29 is 18.9 Å². The summed E-state index contributed by atoms with van der Waals surface area (Å²) in [5.74, 6) is 3.16. The van der Waals surface area contributed by atoms with Crippen molar-refractivity contribution in [2.24, 2.45) is 0 Å². The van der Waals surface area contributed by atoms with E-state index in [4.69, 9.17) is 18.9 Å². The van der Waals surface area contributed by atoms with Crippen LogP contribution in [0, 0.1) is 0 Å². The van der Waals surface area contributed by atoms with Crippen molar-refractivity contribution in [1.29, 1.82) is 0 Å². The molecule has 0 saturated heterocycles. The predicted octanol–water partition coefficient (Wildman–Crippen LogP) is 6.08. The predicted molar refractivity (Wildman–Crippen MR) is 121 cm³/mol. The SMILES string of the molecule is CCOc1c2c(cc(COC)c1OCCOc1ccc(C(C)CC)cc1)CCCC2. The van der Waals surface area contributed by atoms with Crippen molar-refractivity contribution in [3.05, 3.63) is 52.6 Å². The standard InChI is InChI=1S/C26H36O4/c1-5-19(3)20-11-13-23(14-12-20)29-15-16-30-25-22(18-27-4)17-21-9-7-8-10-24(21)26(25)28-6-2/h11-14,17,19H,5-10,15-16,18H2,1-4H3. The minimum atomic E-state index is 0.461. The van der Waals surface area contributed by atoms with Gasteiger partial charge in [-0.3, -0.25) is 0 Å². The molecule has 30 heavy (non-hydrogen) atoms. The minimum absolute atomic E-state index is 0.461. The van der Waals surface area contributed by atoms with E-state index < -0.39 is 0 Å². The Hall–Kier alpha value is -2.20. The van der Waals surface area contributed by atoms with E-state index in [0.29, 0.717) is 32.3 Å². The summed E-state index contributed by atoms with van der Waals surface area (Å²) in [5, 5.41) is 0. The summed E-state index contributed by atoms with van der Waals surface area (Å²) in [7, 11) is 1.72. The van der Waals surface area contributed by atoms with Crippen molar-refractivity contribution in [1.82, 2.24) is 0 Å². The molecule has 0 heterocycles. The first kappa shape index (κ1) is 22.5. The molecule has 0 bridgehead atoms. The third-order valence-electron chi connectivity index (χ3n) is 5.88. The van der Waals surface area contributed by atoms with Crippen LogP contribution in [0.1, 0.15) is 68.2 Å². The number of ether oxygens (including phenoxy) is 4. The van der Waals surface area contributed by atoms with Gasteiger partial charge in [0.05, 0.1) is 13.2 Å². The topological polar surface area (TPSA) is 36.9 Å². The van der Waals surface area contributed by atoms with Gasteiger partial charge in [0, 0.05) is 18.2 Å². The second kappa shape index (κ2) is 11.3. The molecule has 164 valence electrons. The Labute approximate surface area is 181 Å². The fourth-order valence-electron chi connectivity index (χ4n) is 4.06. The fraction of sp³-hybridized carbons (Fsp3) is 0.538. The molecular weight excluding hydrogens is 376 g/mol. The molecule has 0 spiro atoms. The molecular formula is C26H36O4. The number of aryl methyl sites for hydroxylation is 1. The molecule has 2 aromatic rings. The van der Waals surface area contributed by atoms with Gasteiger partial charge in [-0.05, 0) is 74.3 Å². The molecule has 2 aromatic carbocycles. The molecule has 0 aliphatic heterocycles. The number of methoxy groups -OCH3 is 1. The first-order valence-corrected chi connectivity index (χ1v) is 11.3. The highest BCUT2D eigenvalue weighted by Crippen LogP contribution is 2.41. The molecule has 3 rings (SSSR count). The summed E-state index contributed by atoms with van der Waals surface area (Å²) in [4.78, 5) is 0. The number of hydrogen-bond acceptors (Lipinski definition) is 4. The molecule has 0 N–H and O–H groups in total. The molecule has 4 nitrogen and oxygen atoms in total. The maximum absolute atomic E-state index is 6.21. The lowest BCUT2D eigenvalue weighted by molar-refractivity contribution is 0.171. The average molecular weight is 413 g/mol. The van der Waals surface area contributed by atoms with Crippen molar-refractivity contribution in [3.63, 3.8) is 0 Å². The normalized spacial score (nSPS) is 14.1. The lowest BCUT2D eigenvalue weighted by atomic mass is 9.89. The van der Waals surface area contributed by atoms with Crippen molar-refractivity contribution >= 4 is 0 Å². The van der Waals surface area contributed by atoms with E-state index in [0.717, 1.165) is 42.1 Å². The van der Waals surface area contributed by atoms with E-state index in [1.165, 1.54) is 29.5 Å². The Morgan fingerprint density at radius 1 is 0.900 bits per heavy atom. The molecule has 1 aliphatic rings. The average Bonchev–Trinajstić information content (AvgIpc) is 2.78. The number of benzene rings is 2. The minimum Gasteiger partial charge on any atom is -0.490 e. The molecule has 0 saturated carbocycles. The van der Waals surface area contributed by atoms with Crippen LogP contribution >= 0.6 is 0 Å². The van der Waals surface area contributed by atoms with Gasteiger partial charge in [0.25, 0.3) is 0 Å². The smallest absolute Gasteiger partial charge is 0.167 e. The van der Waals surface area contributed by atoms with Gasteiger partial charge in [0.15, 0.2) is 11.5 Å². The zero-order valence-electron chi connectivity index (χ0n) is 19.0. The second-order valence-corrected chi connectivity index (χ2v) is 7.98. The molecule has 1 atom stereocenters. The second-order valence-electron chi connectivity index (χ2n) is 7.98. The summed E-state index contributed by atoms with van der Waals surface area (Å²) in [5.41, 5.74) is 5.08. The highest BCUT2D eigenvalue weighted by Gasteiger charge is 2.22. The van der Waals surface area contributed by atoms with E-state index >= 15 is 0 Å². The van der Waals surface area contributed by atoms with E-state index in [1.807, 2.05) is 19.1 Å². The van der Waals surface area contributed by atoms with Crippen LogP contribution in [0.3, 0.4) is 0 Å². The van der Waals surface area contributed by atoms with Gasteiger partial charge in [-0.1, -0.05) is 26.0 Å².